The van der Waals surface area contributed by atoms with E-state index in [0.29, 0.717) is 0 Å². The third-order valence-electron chi connectivity index (χ3n) is 7.25. The molecular formula is C35H35NS4. The van der Waals surface area contributed by atoms with Crippen molar-refractivity contribution in [2.45, 2.75) is 52.4 Å². The fourth-order valence-electron chi connectivity index (χ4n) is 5.11. The molecule has 0 aliphatic heterocycles. The molecular weight excluding hydrogens is 563 g/mol. The number of fused-ring (bicyclic) bond motifs is 2. The number of thiophene rings is 4. The number of nitrogens with one attached hydrogen (secondary N) is 1. The van der Waals surface area contributed by atoms with E-state index in [1.807, 2.05) is 45.3 Å². The Labute approximate surface area is 253 Å². The summed E-state index contributed by atoms with van der Waals surface area (Å²) in [5.74, 6) is 0. The van der Waals surface area contributed by atoms with E-state index in [1.165, 1.54) is 99.2 Å². The standard InChI is InChI=1S/C35H35NS4/c1-3-4-5-6-7-8-21-36-33-20-19-30(38-33)32-23-28-14-10-12-26(35(28)40-32)17-16-25-11-9-13-27-22-31(39-34(25)27)29-18-15-24(2)37-29/h9-20,22-23,36H,3-8,21H2,1-2H3/b17-16-. The first-order valence-electron chi connectivity index (χ1n) is 14.3. The molecule has 5 heteroatoms. The predicted octanol–water partition coefficient (Wildman–Crippen LogP) is 12.8. The smallest absolute Gasteiger partial charge is 0.0889 e. The van der Waals surface area contributed by atoms with Crippen LogP contribution in [0, 0.1) is 6.92 Å². The molecule has 4 heterocycles. The fourth-order valence-corrected chi connectivity index (χ4v) is 9.37. The van der Waals surface area contributed by atoms with E-state index in [2.05, 4.69) is 104 Å². The maximum absolute atomic E-state index is 3.65. The summed E-state index contributed by atoms with van der Waals surface area (Å²) in [4.78, 5) is 6.78. The average Bonchev–Trinajstić information content (AvgIpc) is 3.76. The zero-order valence-electron chi connectivity index (χ0n) is 23.2. The Morgan fingerprint density at radius 2 is 1.20 bits per heavy atom. The zero-order valence-corrected chi connectivity index (χ0v) is 26.4. The molecule has 204 valence electrons. The molecule has 0 radical (unpaired) electrons. The molecule has 0 aliphatic rings. The lowest BCUT2D eigenvalue weighted by Gasteiger charge is -2.03. The van der Waals surface area contributed by atoms with Gasteiger partial charge < -0.3 is 5.32 Å². The molecule has 0 saturated heterocycles. The van der Waals surface area contributed by atoms with Gasteiger partial charge in [-0.1, -0.05) is 87.6 Å². The third-order valence-corrected chi connectivity index (χ3v) is 12.1. The van der Waals surface area contributed by atoms with Crippen molar-refractivity contribution in [1.82, 2.24) is 0 Å². The van der Waals surface area contributed by atoms with Gasteiger partial charge in [-0.2, -0.15) is 0 Å². The maximum atomic E-state index is 3.65. The monoisotopic (exact) mass is 597 g/mol. The lowest BCUT2D eigenvalue weighted by molar-refractivity contribution is 0.617. The number of anilines is 1. The summed E-state index contributed by atoms with van der Waals surface area (Å²) in [6.07, 6.45) is 12.6. The highest BCUT2D eigenvalue weighted by molar-refractivity contribution is 7.27. The van der Waals surface area contributed by atoms with Crippen LogP contribution in [-0.2, 0) is 0 Å². The molecule has 0 bridgehead atoms. The van der Waals surface area contributed by atoms with Crippen molar-refractivity contribution in [3.05, 3.63) is 88.8 Å². The first-order valence-corrected chi connectivity index (χ1v) is 17.6. The van der Waals surface area contributed by atoms with Crippen LogP contribution >= 0.6 is 45.3 Å². The van der Waals surface area contributed by atoms with E-state index in [0.717, 1.165) is 6.54 Å². The number of aryl methyl sites for hydroxylation is 1. The van der Waals surface area contributed by atoms with Gasteiger partial charge in [0.25, 0.3) is 0 Å². The largest absolute Gasteiger partial charge is 0.377 e. The van der Waals surface area contributed by atoms with Gasteiger partial charge in [0.05, 0.1) is 5.00 Å². The first kappa shape index (κ1) is 27.5. The molecule has 40 heavy (non-hydrogen) atoms. The summed E-state index contributed by atoms with van der Waals surface area (Å²) in [5.41, 5.74) is 2.57. The molecule has 0 saturated carbocycles. The van der Waals surface area contributed by atoms with Gasteiger partial charge in [-0.25, -0.2) is 0 Å². The maximum Gasteiger partial charge on any atom is 0.0889 e. The second-order valence-corrected chi connectivity index (χ2v) is 14.8. The van der Waals surface area contributed by atoms with Crippen LogP contribution < -0.4 is 5.32 Å². The third kappa shape index (κ3) is 6.28. The summed E-state index contributed by atoms with van der Waals surface area (Å²) < 4.78 is 2.72. The summed E-state index contributed by atoms with van der Waals surface area (Å²) in [6, 6.07) is 27.0. The molecule has 4 aromatic heterocycles. The van der Waals surface area contributed by atoms with Crippen molar-refractivity contribution in [3.63, 3.8) is 0 Å². The van der Waals surface area contributed by atoms with Crippen molar-refractivity contribution in [2.75, 3.05) is 11.9 Å². The molecule has 6 aromatic rings. The van der Waals surface area contributed by atoms with Crippen molar-refractivity contribution < 1.29 is 0 Å². The molecule has 0 unspecified atom stereocenters. The molecule has 1 nitrogen and oxygen atoms in total. The summed E-state index contributed by atoms with van der Waals surface area (Å²) in [7, 11) is 0. The van der Waals surface area contributed by atoms with Crippen LogP contribution in [0.5, 0.6) is 0 Å². The van der Waals surface area contributed by atoms with Crippen LogP contribution in [0.4, 0.5) is 5.00 Å². The highest BCUT2D eigenvalue weighted by Crippen LogP contribution is 2.41. The average molecular weight is 598 g/mol. The van der Waals surface area contributed by atoms with E-state index in [-0.39, 0.29) is 0 Å². The number of hydrogen-bond donors (Lipinski definition) is 1. The van der Waals surface area contributed by atoms with Crippen molar-refractivity contribution in [1.29, 1.82) is 0 Å². The number of unbranched alkanes of at least 4 members (excludes halogenated alkanes) is 5. The Morgan fingerprint density at radius 1 is 0.600 bits per heavy atom. The van der Waals surface area contributed by atoms with Crippen molar-refractivity contribution in [2.24, 2.45) is 0 Å². The van der Waals surface area contributed by atoms with E-state index >= 15 is 0 Å². The van der Waals surface area contributed by atoms with Gasteiger partial charge >= 0.3 is 0 Å². The Morgan fingerprint density at radius 3 is 1.82 bits per heavy atom. The quantitative estimate of drug-likeness (QED) is 0.109. The SMILES string of the molecule is CCCCCCCCNc1ccc(-c2cc3cccc(/C=C\c4cccc5cc(-c6ccc(C)s6)sc45)c3s2)s1. The molecule has 0 spiro atoms. The van der Waals surface area contributed by atoms with Crippen LogP contribution in [0.25, 0.3) is 51.8 Å². The Hall–Kier alpha value is -2.70. The second kappa shape index (κ2) is 12.9. The number of benzene rings is 2. The topological polar surface area (TPSA) is 12.0 Å². The molecule has 0 atom stereocenters. The zero-order chi connectivity index (χ0) is 27.3. The van der Waals surface area contributed by atoms with Gasteiger partial charge in [0.15, 0.2) is 0 Å². The summed E-state index contributed by atoms with van der Waals surface area (Å²) >= 11 is 7.56. The van der Waals surface area contributed by atoms with Gasteiger partial charge in [0.1, 0.15) is 0 Å². The van der Waals surface area contributed by atoms with Gasteiger partial charge in [-0.3, -0.25) is 0 Å². The minimum absolute atomic E-state index is 1.07. The van der Waals surface area contributed by atoms with Crippen molar-refractivity contribution >= 4 is 82.7 Å². The molecule has 1 N–H and O–H groups in total. The molecule has 0 amide bonds. The summed E-state index contributed by atoms with van der Waals surface area (Å²) in [5, 5.41) is 7.57. The number of rotatable bonds is 12. The van der Waals surface area contributed by atoms with Gasteiger partial charge in [-0.15, -0.1) is 45.3 Å². The van der Waals surface area contributed by atoms with E-state index < -0.39 is 0 Å². The van der Waals surface area contributed by atoms with Crippen LogP contribution in [0.2, 0.25) is 0 Å². The molecule has 6 rings (SSSR count). The Kier molecular flexibility index (Phi) is 8.83. The van der Waals surface area contributed by atoms with Crippen LogP contribution in [-0.4, -0.2) is 6.54 Å². The minimum atomic E-state index is 1.07. The minimum Gasteiger partial charge on any atom is -0.377 e. The predicted molar refractivity (Wildman–Crippen MR) is 186 cm³/mol. The summed E-state index contributed by atoms with van der Waals surface area (Å²) in [6.45, 7) is 5.52. The van der Waals surface area contributed by atoms with Crippen molar-refractivity contribution in [3.8, 4) is 19.5 Å². The normalized spacial score (nSPS) is 11.8. The second-order valence-electron chi connectivity index (χ2n) is 10.4. The fraction of sp³-hybridized carbons (Fsp3) is 0.257. The number of hydrogen-bond acceptors (Lipinski definition) is 5. The first-order chi connectivity index (χ1) is 19.7. The highest BCUT2D eigenvalue weighted by Gasteiger charge is 2.11. The van der Waals surface area contributed by atoms with Crippen LogP contribution in [0.15, 0.2) is 72.8 Å². The Balaban J connectivity index is 1.18. The molecule has 0 fully saturated rings. The molecule has 2 aromatic carbocycles. The van der Waals surface area contributed by atoms with E-state index in [4.69, 9.17) is 0 Å². The lowest BCUT2D eigenvalue weighted by Crippen LogP contribution is -1.99. The lowest BCUT2D eigenvalue weighted by atomic mass is 10.1. The van der Waals surface area contributed by atoms with E-state index in [1.54, 1.807) is 0 Å². The molecule has 0 aliphatic carbocycles. The van der Waals surface area contributed by atoms with Gasteiger partial charge in [-0.05, 0) is 71.6 Å². The Bertz CT molecular complexity index is 1740. The van der Waals surface area contributed by atoms with Gasteiger partial charge in [0, 0.05) is 40.3 Å². The van der Waals surface area contributed by atoms with Crippen LogP contribution in [0.3, 0.4) is 0 Å². The van der Waals surface area contributed by atoms with Gasteiger partial charge in [0.2, 0.25) is 0 Å². The van der Waals surface area contributed by atoms with Crippen LogP contribution in [0.1, 0.15) is 61.5 Å². The van der Waals surface area contributed by atoms with E-state index in [9.17, 15) is 0 Å². The highest BCUT2D eigenvalue weighted by atomic mass is 32.1.